The van der Waals surface area contributed by atoms with Crippen molar-refractivity contribution in [2.45, 2.75) is 26.7 Å². The van der Waals surface area contributed by atoms with Crippen molar-refractivity contribution in [2.75, 3.05) is 0 Å². The standard InChI is InChI=1S/C21H18O4/c1-12-3-5-14(6-4-12)11-18-19(22)16-9-10-17(13(2)20(16)24-18)25-21(23)15-7-8-15/h3-6,9-11,15H,7-8H2,1-2H3/b18-11-. The minimum absolute atomic E-state index is 0.0206. The van der Waals surface area contributed by atoms with Gasteiger partial charge in [0.1, 0.15) is 11.5 Å². The summed E-state index contributed by atoms with van der Waals surface area (Å²) in [6, 6.07) is 11.2. The van der Waals surface area contributed by atoms with Gasteiger partial charge in [-0.05, 0) is 50.5 Å². The molecule has 2 aliphatic rings. The van der Waals surface area contributed by atoms with E-state index in [0.29, 0.717) is 22.6 Å². The maximum Gasteiger partial charge on any atom is 0.314 e. The van der Waals surface area contributed by atoms with Crippen LogP contribution in [0.25, 0.3) is 6.08 Å². The highest BCUT2D eigenvalue weighted by molar-refractivity contribution is 6.15. The molecule has 4 rings (SSSR count). The van der Waals surface area contributed by atoms with Crippen molar-refractivity contribution in [1.29, 1.82) is 0 Å². The average molecular weight is 334 g/mol. The first-order valence-corrected chi connectivity index (χ1v) is 8.39. The molecule has 4 heteroatoms. The Morgan fingerprint density at radius 2 is 1.84 bits per heavy atom. The zero-order chi connectivity index (χ0) is 17.6. The zero-order valence-corrected chi connectivity index (χ0v) is 14.2. The molecular formula is C21H18O4. The first kappa shape index (κ1) is 15.6. The SMILES string of the molecule is Cc1ccc(/C=C2\Oc3c(ccc(OC(=O)C4CC4)c3C)C2=O)cc1. The summed E-state index contributed by atoms with van der Waals surface area (Å²) in [5.74, 6) is 0.880. The number of ketones is 1. The Balaban J connectivity index is 1.63. The molecule has 0 unspecified atom stereocenters. The van der Waals surface area contributed by atoms with Crippen LogP contribution in [0.2, 0.25) is 0 Å². The van der Waals surface area contributed by atoms with Crippen LogP contribution < -0.4 is 9.47 Å². The normalized spacial score (nSPS) is 17.4. The second-order valence-electron chi connectivity index (χ2n) is 6.61. The van der Waals surface area contributed by atoms with Gasteiger partial charge in [0.15, 0.2) is 5.76 Å². The number of benzene rings is 2. The Hall–Kier alpha value is -2.88. The van der Waals surface area contributed by atoms with E-state index in [-0.39, 0.29) is 23.4 Å². The molecule has 1 saturated carbocycles. The molecule has 0 bridgehead atoms. The minimum Gasteiger partial charge on any atom is -0.452 e. The third-order valence-corrected chi connectivity index (χ3v) is 4.53. The van der Waals surface area contributed by atoms with E-state index >= 15 is 0 Å². The number of allylic oxidation sites excluding steroid dienone is 1. The third-order valence-electron chi connectivity index (χ3n) is 4.53. The minimum atomic E-state index is -0.206. The summed E-state index contributed by atoms with van der Waals surface area (Å²) in [5, 5.41) is 0. The summed E-state index contributed by atoms with van der Waals surface area (Å²) in [7, 11) is 0. The van der Waals surface area contributed by atoms with Crippen LogP contribution in [0.4, 0.5) is 0 Å². The molecule has 1 aliphatic carbocycles. The Morgan fingerprint density at radius 3 is 2.52 bits per heavy atom. The Morgan fingerprint density at radius 1 is 1.12 bits per heavy atom. The summed E-state index contributed by atoms with van der Waals surface area (Å²) >= 11 is 0. The van der Waals surface area contributed by atoms with Gasteiger partial charge >= 0.3 is 5.97 Å². The number of ether oxygens (including phenoxy) is 2. The predicted octanol–water partition coefficient (Wildman–Crippen LogP) is 4.24. The molecule has 0 atom stereocenters. The lowest BCUT2D eigenvalue weighted by Crippen LogP contribution is -2.10. The molecule has 4 nitrogen and oxygen atoms in total. The monoisotopic (exact) mass is 334 g/mol. The van der Waals surface area contributed by atoms with Crippen LogP contribution in [0.5, 0.6) is 11.5 Å². The van der Waals surface area contributed by atoms with Gasteiger partial charge in [-0.2, -0.15) is 0 Å². The lowest BCUT2D eigenvalue weighted by atomic mass is 10.1. The number of Topliss-reactive ketones (excluding diaryl/α,β-unsaturated/α-hetero) is 1. The molecular weight excluding hydrogens is 316 g/mol. The van der Waals surface area contributed by atoms with E-state index in [1.54, 1.807) is 25.1 Å². The summed E-state index contributed by atoms with van der Waals surface area (Å²) in [6.07, 6.45) is 3.51. The van der Waals surface area contributed by atoms with Gasteiger partial charge in [0, 0.05) is 5.56 Å². The number of carbonyl (C=O) groups excluding carboxylic acids is 2. The van der Waals surface area contributed by atoms with Gasteiger partial charge in [-0.25, -0.2) is 0 Å². The Bertz CT molecular complexity index is 902. The smallest absolute Gasteiger partial charge is 0.314 e. The molecule has 0 N–H and O–H groups in total. The number of hydrogen-bond donors (Lipinski definition) is 0. The van der Waals surface area contributed by atoms with E-state index in [1.807, 2.05) is 31.2 Å². The number of esters is 1. The van der Waals surface area contributed by atoms with Crippen LogP contribution in [0.15, 0.2) is 42.2 Å². The summed E-state index contributed by atoms with van der Waals surface area (Å²) in [4.78, 5) is 24.5. The van der Waals surface area contributed by atoms with Crippen LogP contribution in [-0.2, 0) is 4.79 Å². The van der Waals surface area contributed by atoms with E-state index in [0.717, 1.165) is 24.0 Å². The van der Waals surface area contributed by atoms with E-state index < -0.39 is 0 Å². The Kier molecular flexibility index (Phi) is 3.68. The second kappa shape index (κ2) is 5.88. The van der Waals surface area contributed by atoms with Crippen molar-refractivity contribution < 1.29 is 19.1 Å². The van der Waals surface area contributed by atoms with Gasteiger partial charge in [0.05, 0.1) is 11.5 Å². The van der Waals surface area contributed by atoms with Crippen LogP contribution in [0, 0.1) is 19.8 Å². The van der Waals surface area contributed by atoms with Crippen LogP contribution >= 0.6 is 0 Å². The maximum atomic E-state index is 12.6. The highest BCUT2D eigenvalue weighted by Gasteiger charge is 2.34. The van der Waals surface area contributed by atoms with Crippen LogP contribution in [0.3, 0.4) is 0 Å². The molecule has 0 aromatic heterocycles. The van der Waals surface area contributed by atoms with E-state index in [4.69, 9.17) is 9.47 Å². The molecule has 0 saturated heterocycles. The summed E-state index contributed by atoms with van der Waals surface area (Å²) in [6.45, 7) is 3.81. The highest BCUT2D eigenvalue weighted by atomic mass is 16.5. The van der Waals surface area contributed by atoms with Crippen molar-refractivity contribution in [1.82, 2.24) is 0 Å². The van der Waals surface area contributed by atoms with E-state index in [1.165, 1.54) is 0 Å². The maximum absolute atomic E-state index is 12.6. The van der Waals surface area contributed by atoms with Crippen molar-refractivity contribution in [3.8, 4) is 11.5 Å². The van der Waals surface area contributed by atoms with Crippen LogP contribution in [0.1, 0.15) is 39.9 Å². The van der Waals surface area contributed by atoms with Gasteiger partial charge in [0.2, 0.25) is 5.78 Å². The fraction of sp³-hybridized carbons (Fsp3) is 0.238. The molecule has 0 radical (unpaired) electrons. The lowest BCUT2D eigenvalue weighted by molar-refractivity contribution is -0.135. The van der Waals surface area contributed by atoms with Gasteiger partial charge in [-0.3, -0.25) is 9.59 Å². The predicted molar refractivity (Wildman–Crippen MR) is 93.7 cm³/mol. The first-order valence-electron chi connectivity index (χ1n) is 8.39. The number of hydrogen-bond acceptors (Lipinski definition) is 4. The molecule has 1 fully saturated rings. The molecule has 2 aromatic rings. The lowest BCUT2D eigenvalue weighted by Gasteiger charge is -2.09. The number of aryl methyl sites for hydroxylation is 1. The quantitative estimate of drug-likeness (QED) is 0.479. The van der Waals surface area contributed by atoms with Gasteiger partial charge in [0.25, 0.3) is 0 Å². The summed E-state index contributed by atoms with van der Waals surface area (Å²) in [5.41, 5.74) is 3.23. The molecule has 126 valence electrons. The van der Waals surface area contributed by atoms with Gasteiger partial charge < -0.3 is 9.47 Å². The molecule has 0 spiro atoms. The van der Waals surface area contributed by atoms with E-state index in [2.05, 4.69) is 0 Å². The van der Waals surface area contributed by atoms with Gasteiger partial charge in [-0.15, -0.1) is 0 Å². The second-order valence-corrected chi connectivity index (χ2v) is 6.61. The highest BCUT2D eigenvalue weighted by Crippen LogP contribution is 2.40. The van der Waals surface area contributed by atoms with Crippen molar-refractivity contribution in [3.05, 3.63) is 64.4 Å². The number of fused-ring (bicyclic) bond motifs is 1. The fourth-order valence-corrected chi connectivity index (χ4v) is 2.80. The van der Waals surface area contributed by atoms with Crippen molar-refractivity contribution >= 4 is 17.8 Å². The number of carbonyl (C=O) groups is 2. The Labute approximate surface area is 146 Å². The zero-order valence-electron chi connectivity index (χ0n) is 14.2. The molecule has 25 heavy (non-hydrogen) atoms. The molecule has 1 heterocycles. The van der Waals surface area contributed by atoms with E-state index in [9.17, 15) is 9.59 Å². The summed E-state index contributed by atoms with van der Waals surface area (Å²) < 4.78 is 11.2. The van der Waals surface area contributed by atoms with Crippen molar-refractivity contribution in [2.24, 2.45) is 5.92 Å². The van der Waals surface area contributed by atoms with Crippen LogP contribution in [-0.4, -0.2) is 11.8 Å². The molecule has 2 aromatic carbocycles. The largest absolute Gasteiger partial charge is 0.452 e. The number of rotatable bonds is 3. The third kappa shape index (κ3) is 2.95. The topological polar surface area (TPSA) is 52.6 Å². The average Bonchev–Trinajstić information content (AvgIpc) is 3.39. The van der Waals surface area contributed by atoms with Gasteiger partial charge in [-0.1, -0.05) is 29.8 Å². The molecule has 1 aliphatic heterocycles. The molecule has 0 amide bonds. The first-order chi connectivity index (χ1) is 12.0. The fourth-order valence-electron chi connectivity index (χ4n) is 2.80. The van der Waals surface area contributed by atoms with Crippen molar-refractivity contribution in [3.63, 3.8) is 0 Å².